The second-order valence-corrected chi connectivity index (χ2v) is 8.69. The van der Waals surface area contributed by atoms with Crippen LogP contribution in [0, 0.1) is 6.92 Å². The molecule has 2 amide bonds. The van der Waals surface area contributed by atoms with E-state index in [0.29, 0.717) is 13.1 Å². The van der Waals surface area contributed by atoms with Crippen LogP contribution in [0.1, 0.15) is 31.5 Å². The first kappa shape index (κ1) is 22.1. The van der Waals surface area contributed by atoms with E-state index in [0.717, 1.165) is 18.7 Å². The number of hydrogen-bond acceptors (Lipinski definition) is 3. The van der Waals surface area contributed by atoms with E-state index < -0.39 is 6.04 Å². The van der Waals surface area contributed by atoms with Gasteiger partial charge in [-0.3, -0.25) is 14.5 Å². The Morgan fingerprint density at radius 2 is 1.84 bits per heavy atom. The summed E-state index contributed by atoms with van der Waals surface area (Å²) in [6, 6.07) is 18.6. The van der Waals surface area contributed by atoms with Crippen molar-refractivity contribution in [3.8, 4) is 5.69 Å². The number of carbonyl (C=O) groups excluding carboxylic acids is 2. The van der Waals surface area contributed by atoms with Gasteiger partial charge in [0.15, 0.2) is 0 Å². The number of para-hydroxylation sites is 2. The van der Waals surface area contributed by atoms with Gasteiger partial charge in [0.25, 0.3) is 0 Å². The van der Waals surface area contributed by atoms with Crippen molar-refractivity contribution >= 4 is 22.7 Å². The van der Waals surface area contributed by atoms with E-state index in [1.165, 1.54) is 22.2 Å². The van der Waals surface area contributed by atoms with Crippen molar-refractivity contribution in [1.82, 2.24) is 20.1 Å². The number of hydrogen-bond donors (Lipinski definition) is 2. The predicted octanol–water partition coefficient (Wildman–Crippen LogP) is 3.20. The maximum absolute atomic E-state index is 12.7. The Balaban J connectivity index is 1.46. The van der Waals surface area contributed by atoms with Crippen LogP contribution in [0.5, 0.6) is 0 Å². The number of fused-ring (bicyclic) bond motifs is 1. The summed E-state index contributed by atoms with van der Waals surface area (Å²) in [5.41, 5.74) is 4.73. The zero-order chi connectivity index (χ0) is 22.7. The molecule has 168 valence electrons. The molecule has 32 heavy (non-hydrogen) atoms. The summed E-state index contributed by atoms with van der Waals surface area (Å²) in [6.45, 7) is 8.22. The molecule has 1 fully saturated rings. The van der Waals surface area contributed by atoms with E-state index >= 15 is 0 Å². The van der Waals surface area contributed by atoms with Gasteiger partial charge in [0.2, 0.25) is 11.8 Å². The van der Waals surface area contributed by atoms with Gasteiger partial charge < -0.3 is 15.2 Å². The van der Waals surface area contributed by atoms with Crippen molar-refractivity contribution in [2.24, 2.45) is 0 Å². The summed E-state index contributed by atoms with van der Waals surface area (Å²) in [5, 5.41) is 7.14. The molecular formula is C26H32N4O2. The lowest BCUT2D eigenvalue weighted by Gasteiger charge is -2.37. The van der Waals surface area contributed by atoms with E-state index in [9.17, 15) is 9.59 Å². The van der Waals surface area contributed by atoms with Crippen LogP contribution in [0.2, 0.25) is 0 Å². The highest BCUT2D eigenvalue weighted by Gasteiger charge is 2.32. The van der Waals surface area contributed by atoms with E-state index in [1.54, 1.807) is 0 Å². The standard InChI is InChI=1S/C26H32N4O2/c1-18(2)29-16-15-28-26(32)24(29)17-25(31)27-14-13-21-19(3)30(20-9-5-4-6-10-20)23-12-8-7-11-22(21)23/h4-12,18,24H,13-17H2,1-3H3,(H,27,31)(H,28,32). The Labute approximate surface area is 189 Å². The summed E-state index contributed by atoms with van der Waals surface area (Å²) in [6.07, 6.45) is 0.928. The van der Waals surface area contributed by atoms with E-state index in [-0.39, 0.29) is 24.3 Å². The number of rotatable bonds is 7. The van der Waals surface area contributed by atoms with E-state index in [2.05, 4.69) is 77.3 Å². The second kappa shape index (κ2) is 9.57. The lowest BCUT2D eigenvalue weighted by molar-refractivity contribution is -0.134. The average molecular weight is 433 g/mol. The van der Waals surface area contributed by atoms with Crippen molar-refractivity contribution in [2.75, 3.05) is 19.6 Å². The molecule has 0 aliphatic carbocycles. The minimum atomic E-state index is -0.398. The summed E-state index contributed by atoms with van der Waals surface area (Å²) in [4.78, 5) is 27.1. The van der Waals surface area contributed by atoms with Crippen LogP contribution >= 0.6 is 0 Å². The van der Waals surface area contributed by atoms with Crippen LogP contribution in [0.25, 0.3) is 16.6 Å². The molecule has 0 spiro atoms. The average Bonchev–Trinajstić information content (AvgIpc) is 3.07. The Morgan fingerprint density at radius 3 is 2.59 bits per heavy atom. The molecule has 1 unspecified atom stereocenters. The highest BCUT2D eigenvalue weighted by molar-refractivity contribution is 5.89. The highest BCUT2D eigenvalue weighted by Crippen LogP contribution is 2.29. The Hall–Kier alpha value is -3.12. The Kier molecular flexibility index (Phi) is 6.61. The molecule has 1 atom stereocenters. The number of piperazine rings is 1. The fourth-order valence-corrected chi connectivity index (χ4v) is 4.79. The smallest absolute Gasteiger partial charge is 0.237 e. The van der Waals surface area contributed by atoms with Gasteiger partial charge in [-0.05, 0) is 51.0 Å². The first-order valence-electron chi connectivity index (χ1n) is 11.4. The molecule has 1 aliphatic heterocycles. The van der Waals surface area contributed by atoms with Gasteiger partial charge >= 0.3 is 0 Å². The van der Waals surface area contributed by atoms with Crippen LogP contribution in [-0.2, 0) is 16.0 Å². The summed E-state index contributed by atoms with van der Waals surface area (Å²) in [7, 11) is 0. The molecule has 1 aliphatic rings. The van der Waals surface area contributed by atoms with Gasteiger partial charge in [0.1, 0.15) is 0 Å². The Bertz CT molecular complexity index is 1100. The summed E-state index contributed by atoms with van der Waals surface area (Å²) < 4.78 is 2.28. The molecule has 1 aromatic heterocycles. The maximum atomic E-state index is 12.7. The van der Waals surface area contributed by atoms with Crippen molar-refractivity contribution in [3.63, 3.8) is 0 Å². The predicted molar refractivity (Wildman–Crippen MR) is 128 cm³/mol. The van der Waals surface area contributed by atoms with Gasteiger partial charge in [0, 0.05) is 42.4 Å². The quantitative estimate of drug-likeness (QED) is 0.603. The third-order valence-electron chi connectivity index (χ3n) is 6.37. The minimum Gasteiger partial charge on any atom is -0.356 e. The molecule has 0 bridgehead atoms. The zero-order valence-corrected chi connectivity index (χ0v) is 19.1. The molecular weight excluding hydrogens is 400 g/mol. The number of nitrogens with one attached hydrogen (secondary N) is 2. The topological polar surface area (TPSA) is 66.4 Å². The molecule has 3 aromatic rings. The normalized spacial score (nSPS) is 17.0. The first-order valence-corrected chi connectivity index (χ1v) is 11.4. The fourth-order valence-electron chi connectivity index (χ4n) is 4.79. The maximum Gasteiger partial charge on any atom is 0.237 e. The number of amides is 2. The van der Waals surface area contributed by atoms with Crippen LogP contribution in [0.3, 0.4) is 0 Å². The third kappa shape index (κ3) is 4.41. The van der Waals surface area contributed by atoms with Gasteiger partial charge in [0.05, 0.1) is 18.0 Å². The van der Waals surface area contributed by atoms with Crippen LogP contribution in [0.15, 0.2) is 54.6 Å². The van der Waals surface area contributed by atoms with E-state index in [4.69, 9.17) is 0 Å². The van der Waals surface area contributed by atoms with Gasteiger partial charge in [-0.15, -0.1) is 0 Å². The fraction of sp³-hybridized carbons (Fsp3) is 0.385. The minimum absolute atomic E-state index is 0.0538. The molecule has 2 aromatic carbocycles. The molecule has 6 heteroatoms. The first-order chi connectivity index (χ1) is 15.5. The van der Waals surface area contributed by atoms with Crippen molar-refractivity contribution < 1.29 is 9.59 Å². The molecule has 1 saturated heterocycles. The van der Waals surface area contributed by atoms with Gasteiger partial charge in [-0.1, -0.05) is 36.4 Å². The van der Waals surface area contributed by atoms with Gasteiger partial charge in [-0.2, -0.15) is 0 Å². The summed E-state index contributed by atoms with van der Waals surface area (Å²) >= 11 is 0. The second-order valence-electron chi connectivity index (χ2n) is 8.69. The monoisotopic (exact) mass is 432 g/mol. The molecule has 0 saturated carbocycles. The zero-order valence-electron chi connectivity index (χ0n) is 19.1. The Morgan fingerprint density at radius 1 is 1.12 bits per heavy atom. The van der Waals surface area contributed by atoms with Crippen molar-refractivity contribution in [3.05, 3.63) is 65.9 Å². The van der Waals surface area contributed by atoms with Crippen LogP contribution in [0.4, 0.5) is 0 Å². The number of carbonyl (C=O) groups is 2. The number of benzene rings is 2. The molecule has 2 heterocycles. The van der Waals surface area contributed by atoms with Crippen LogP contribution < -0.4 is 10.6 Å². The third-order valence-corrected chi connectivity index (χ3v) is 6.37. The molecule has 2 N–H and O–H groups in total. The lowest BCUT2D eigenvalue weighted by atomic mass is 10.1. The SMILES string of the molecule is Cc1c(CCNC(=O)CC2C(=O)NCCN2C(C)C)c2ccccc2n1-c1ccccc1. The number of aromatic nitrogens is 1. The largest absolute Gasteiger partial charge is 0.356 e. The van der Waals surface area contributed by atoms with Crippen molar-refractivity contribution in [1.29, 1.82) is 0 Å². The molecule has 0 radical (unpaired) electrons. The summed E-state index contributed by atoms with van der Waals surface area (Å²) in [5.74, 6) is -0.135. The van der Waals surface area contributed by atoms with Crippen molar-refractivity contribution in [2.45, 2.75) is 45.7 Å². The van der Waals surface area contributed by atoms with E-state index in [1.807, 2.05) is 18.2 Å². The molecule has 6 nitrogen and oxygen atoms in total. The van der Waals surface area contributed by atoms with Gasteiger partial charge in [-0.25, -0.2) is 0 Å². The highest BCUT2D eigenvalue weighted by atomic mass is 16.2. The number of nitrogens with zero attached hydrogens (tertiary/aromatic N) is 2. The molecule has 4 rings (SSSR count). The van der Waals surface area contributed by atoms with Crippen LogP contribution in [-0.4, -0.2) is 53.0 Å². The lowest BCUT2D eigenvalue weighted by Crippen LogP contribution is -2.58.